The molecule has 5 nitrogen and oxygen atoms in total. The predicted molar refractivity (Wildman–Crippen MR) is 155 cm³/mol. The number of amides is 2. The van der Waals surface area contributed by atoms with Crippen molar-refractivity contribution in [3.05, 3.63) is 35.9 Å². The van der Waals surface area contributed by atoms with Crippen molar-refractivity contribution in [2.24, 2.45) is 22.7 Å². The molecule has 0 saturated carbocycles. The summed E-state index contributed by atoms with van der Waals surface area (Å²) in [5.41, 5.74) is 0.817. The summed E-state index contributed by atoms with van der Waals surface area (Å²) in [6.07, 6.45) is 1.41. The van der Waals surface area contributed by atoms with Gasteiger partial charge in [-0.05, 0) is 29.2 Å². The summed E-state index contributed by atoms with van der Waals surface area (Å²) in [7, 11) is 0. The van der Waals surface area contributed by atoms with Crippen molar-refractivity contribution in [1.82, 2.24) is 4.90 Å². The minimum atomic E-state index is -1.16. The number of nitrogens with zero attached hydrogens (tertiary/aromatic N) is 1. The van der Waals surface area contributed by atoms with Gasteiger partial charge >= 0.3 is 0 Å². The molecule has 0 radical (unpaired) electrons. The van der Waals surface area contributed by atoms with Crippen LogP contribution in [0.25, 0.3) is 0 Å². The second kappa shape index (κ2) is 11.6. The van der Waals surface area contributed by atoms with Crippen molar-refractivity contribution < 1.29 is 19.2 Å². The molecule has 1 heterocycles. The molecule has 7 heteroatoms. The Labute approximate surface area is 232 Å². The quantitative estimate of drug-likeness (QED) is 0.242. The normalized spacial score (nSPS) is 17.6. The Kier molecular flexibility index (Phi) is 9.95. The van der Waals surface area contributed by atoms with E-state index in [0.717, 1.165) is 41.9 Å². The van der Waals surface area contributed by atoms with E-state index in [2.05, 4.69) is 41.5 Å². The van der Waals surface area contributed by atoms with Crippen LogP contribution in [-0.4, -0.2) is 36.4 Å². The van der Waals surface area contributed by atoms with E-state index in [4.69, 9.17) is 0 Å². The zero-order valence-electron chi connectivity index (χ0n) is 24.3. The van der Waals surface area contributed by atoms with Crippen LogP contribution >= 0.6 is 23.5 Å². The molecule has 1 aromatic carbocycles. The molecule has 2 rings (SSSR count). The third kappa shape index (κ3) is 9.90. The van der Waals surface area contributed by atoms with Gasteiger partial charge in [0, 0.05) is 15.9 Å². The van der Waals surface area contributed by atoms with Crippen molar-refractivity contribution in [3.8, 4) is 0 Å². The molecule has 0 aliphatic carbocycles. The van der Waals surface area contributed by atoms with Crippen LogP contribution < -0.4 is 0 Å². The Morgan fingerprint density at radius 3 is 1.65 bits per heavy atom. The van der Waals surface area contributed by atoms with Gasteiger partial charge < -0.3 is 0 Å². The fourth-order valence-electron chi connectivity index (χ4n) is 5.62. The zero-order valence-corrected chi connectivity index (χ0v) is 25.9. The smallest absolute Gasteiger partial charge is 0.234 e. The van der Waals surface area contributed by atoms with Crippen molar-refractivity contribution in [2.75, 3.05) is 0 Å². The highest BCUT2D eigenvalue weighted by Gasteiger charge is 2.50. The van der Waals surface area contributed by atoms with Gasteiger partial charge in [-0.15, -0.1) is 0 Å². The summed E-state index contributed by atoms with van der Waals surface area (Å²) in [4.78, 5) is 55.3. The summed E-state index contributed by atoms with van der Waals surface area (Å²) in [5.74, 6) is -2.89. The van der Waals surface area contributed by atoms with Crippen molar-refractivity contribution in [2.45, 2.75) is 105 Å². The maximum Gasteiger partial charge on any atom is 0.234 e. The van der Waals surface area contributed by atoms with E-state index in [1.54, 1.807) is 0 Å². The Balaban J connectivity index is 2.37. The van der Waals surface area contributed by atoms with E-state index in [-0.39, 0.29) is 39.9 Å². The lowest BCUT2D eigenvalue weighted by molar-refractivity contribution is -0.142. The molecule has 206 valence electrons. The minimum Gasteiger partial charge on any atom is -0.286 e. The Bertz CT molecular complexity index is 961. The first-order valence-electron chi connectivity index (χ1n) is 13.0. The maximum absolute atomic E-state index is 13.8. The van der Waals surface area contributed by atoms with Gasteiger partial charge in [0.2, 0.25) is 22.0 Å². The number of rotatable bonds is 9. The van der Waals surface area contributed by atoms with Crippen LogP contribution in [-0.2, 0) is 25.7 Å². The fourth-order valence-corrected chi connectivity index (χ4v) is 8.59. The summed E-state index contributed by atoms with van der Waals surface area (Å²) >= 11 is 2.29. The molecule has 1 aliphatic rings. The number of thioether (sulfide) groups is 2. The molecule has 1 saturated heterocycles. The first-order chi connectivity index (χ1) is 16.7. The minimum absolute atomic E-state index is 0.00857. The third-order valence-electron chi connectivity index (χ3n) is 6.04. The third-order valence-corrected chi connectivity index (χ3v) is 8.34. The van der Waals surface area contributed by atoms with E-state index in [1.165, 1.54) is 4.90 Å². The van der Waals surface area contributed by atoms with Gasteiger partial charge in [-0.1, -0.05) is 123 Å². The number of carbonyl (C=O) groups is 4. The lowest BCUT2D eigenvalue weighted by Gasteiger charge is -2.34. The maximum atomic E-state index is 13.8. The number of hydrogen-bond acceptors (Lipinski definition) is 6. The van der Waals surface area contributed by atoms with E-state index in [9.17, 15) is 19.2 Å². The number of hydrogen-bond donors (Lipinski definition) is 0. The number of imide groups is 1. The lowest BCUT2D eigenvalue weighted by atomic mass is 9.86. The Morgan fingerprint density at radius 1 is 0.811 bits per heavy atom. The lowest BCUT2D eigenvalue weighted by Crippen LogP contribution is -2.39. The van der Waals surface area contributed by atoms with Crippen LogP contribution in [0.1, 0.15) is 94.1 Å². The van der Waals surface area contributed by atoms with Crippen LogP contribution in [0.2, 0.25) is 0 Å². The van der Waals surface area contributed by atoms with Crippen molar-refractivity contribution in [1.29, 1.82) is 0 Å². The van der Waals surface area contributed by atoms with Crippen LogP contribution in [0, 0.1) is 22.7 Å². The van der Waals surface area contributed by atoms with Gasteiger partial charge in [0.05, 0.1) is 12.5 Å². The SMILES string of the molecule is CC(C)(C)CC(C)(C)SC(=O)C(C(=O)SC(C)(C)CC(C)(C)C)[C@@H]1CC(=O)N(Cc2ccccc2)C1=O. The molecule has 1 aliphatic heterocycles. The molecule has 0 aromatic heterocycles. The van der Waals surface area contributed by atoms with E-state index < -0.39 is 27.2 Å². The van der Waals surface area contributed by atoms with Crippen LogP contribution in [0.3, 0.4) is 0 Å². The summed E-state index contributed by atoms with van der Waals surface area (Å²) in [6, 6.07) is 9.31. The number of carbonyl (C=O) groups excluding carboxylic acids is 4. The molecule has 0 N–H and O–H groups in total. The standard InChI is InChI=1S/C30H45NO4S2/c1-27(2,3)18-29(7,8)36-25(34)23(26(35)37-30(9,10)19-28(4,5)6)21-16-22(32)31(24(21)33)17-20-14-12-11-13-15-20/h11-15,21,23H,16-19H2,1-10H3/t21-/m0/s1. The van der Waals surface area contributed by atoms with E-state index in [1.807, 2.05) is 58.0 Å². The molecule has 0 spiro atoms. The Morgan fingerprint density at radius 2 is 1.24 bits per heavy atom. The average Bonchev–Trinajstić information content (AvgIpc) is 2.92. The van der Waals surface area contributed by atoms with Crippen LogP contribution in [0.4, 0.5) is 0 Å². The molecule has 0 unspecified atom stereocenters. The second-order valence-corrected chi connectivity index (χ2v) is 17.4. The van der Waals surface area contributed by atoms with Gasteiger partial charge in [-0.25, -0.2) is 0 Å². The van der Waals surface area contributed by atoms with Crippen LogP contribution in [0.5, 0.6) is 0 Å². The van der Waals surface area contributed by atoms with Gasteiger partial charge in [0.1, 0.15) is 5.92 Å². The predicted octanol–water partition coefficient (Wildman–Crippen LogP) is 7.13. The first-order valence-corrected chi connectivity index (χ1v) is 14.7. The van der Waals surface area contributed by atoms with E-state index in [0.29, 0.717) is 0 Å². The molecular formula is C30H45NO4S2. The highest BCUT2D eigenvalue weighted by molar-refractivity contribution is 8.16. The van der Waals surface area contributed by atoms with Gasteiger partial charge in [-0.3, -0.25) is 24.1 Å². The molecular weight excluding hydrogens is 502 g/mol. The van der Waals surface area contributed by atoms with Gasteiger partial charge in [0.15, 0.2) is 0 Å². The largest absolute Gasteiger partial charge is 0.286 e. The molecule has 37 heavy (non-hydrogen) atoms. The summed E-state index contributed by atoms with van der Waals surface area (Å²) in [5, 5.41) is -0.628. The fraction of sp³-hybridized carbons (Fsp3) is 0.667. The van der Waals surface area contributed by atoms with Gasteiger partial charge in [0.25, 0.3) is 0 Å². The highest BCUT2D eigenvalue weighted by atomic mass is 32.2. The summed E-state index contributed by atoms with van der Waals surface area (Å²) < 4.78 is -0.844. The van der Waals surface area contributed by atoms with Crippen molar-refractivity contribution >= 4 is 45.6 Å². The molecule has 0 bridgehead atoms. The average molecular weight is 548 g/mol. The zero-order chi connectivity index (χ0) is 28.4. The molecule has 2 amide bonds. The molecule has 1 fully saturated rings. The Hall–Kier alpha value is -1.60. The van der Waals surface area contributed by atoms with Crippen LogP contribution in [0.15, 0.2) is 30.3 Å². The first kappa shape index (κ1) is 31.6. The molecule has 1 aromatic rings. The van der Waals surface area contributed by atoms with Crippen molar-refractivity contribution in [3.63, 3.8) is 0 Å². The number of likely N-dealkylation sites (tertiary alicyclic amines) is 1. The molecule has 1 atom stereocenters. The van der Waals surface area contributed by atoms with E-state index >= 15 is 0 Å². The number of benzene rings is 1. The highest BCUT2D eigenvalue weighted by Crippen LogP contribution is 2.44. The van der Waals surface area contributed by atoms with Gasteiger partial charge in [-0.2, -0.15) is 0 Å². The second-order valence-electron chi connectivity index (χ2n) is 13.9. The monoisotopic (exact) mass is 547 g/mol. The summed E-state index contributed by atoms with van der Waals surface area (Å²) in [6.45, 7) is 20.9. The topological polar surface area (TPSA) is 71.5 Å².